The van der Waals surface area contributed by atoms with E-state index in [0.717, 1.165) is 30.0 Å². The zero-order chi connectivity index (χ0) is 15.4. The number of likely N-dealkylation sites (tertiary alicyclic amines) is 1. The molecule has 0 radical (unpaired) electrons. The Morgan fingerprint density at radius 3 is 2.81 bits per heavy atom. The number of nitrogens with zero attached hydrogens (tertiary/aromatic N) is 1. The van der Waals surface area contributed by atoms with Crippen LogP contribution in [0, 0.1) is 6.92 Å². The summed E-state index contributed by atoms with van der Waals surface area (Å²) < 4.78 is 0. The predicted octanol–water partition coefficient (Wildman–Crippen LogP) is 1.69. The predicted molar refractivity (Wildman–Crippen MR) is 79.0 cm³/mol. The Bertz CT molecular complexity index is 580. The molecule has 1 unspecified atom stereocenters. The number of carbonyl (C=O) groups excluding carboxylic acids is 1. The van der Waals surface area contributed by atoms with Gasteiger partial charge in [-0.2, -0.15) is 0 Å². The number of aryl methyl sites for hydroxylation is 1. The summed E-state index contributed by atoms with van der Waals surface area (Å²) in [5, 5.41) is 17.9. The van der Waals surface area contributed by atoms with Crippen LogP contribution in [0.3, 0.4) is 0 Å². The Morgan fingerprint density at radius 1 is 1.43 bits per heavy atom. The highest BCUT2D eigenvalue weighted by atomic mass is 16.4. The van der Waals surface area contributed by atoms with Crippen LogP contribution in [-0.2, 0) is 4.79 Å². The molecular formula is C16H19NO4. The number of carboxylic acids is 1. The van der Waals surface area contributed by atoms with Crippen molar-refractivity contribution in [3.63, 3.8) is 0 Å². The van der Waals surface area contributed by atoms with Crippen molar-refractivity contribution >= 4 is 18.0 Å². The second-order valence-electron chi connectivity index (χ2n) is 5.22. The first-order valence-corrected chi connectivity index (χ1v) is 6.96. The fourth-order valence-corrected chi connectivity index (χ4v) is 2.62. The molecular weight excluding hydrogens is 270 g/mol. The number of benzene rings is 1. The average Bonchev–Trinajstić information content (AvgIpc) is 2.93. The molecule has 21 heavy (non-hydrogen) atoms. The molecule has 1 aromatic carbocycles. The molecule has 5 nitrogen and oxygen atoms in total. The average molecular weight is 289 g/mol. The van der Waals surface area contributed by atoms with E-state index < -0.39 is 5.97 Å². The fourth-order valence-electron chi connectivity index (χ4n) is 2.62. The normalized spacial score (nSPS) is 18.4. The minimum absolute atomic E-state index is 0.00977. The van der Waals surface area contributed by atoms with Gasteiger partial charge in [0.05, 0.1) is 12.6 Å². The van der Waals surface area contributed by atoms with E-state index in [9.17, 15) is 14.7 Å². The van der Waals surface area contributed by atoms with Crippen molar-refractivity contribution in [2.24, 2.45) is 0 Å². The number of hydrogen-bond acceptors (Lipinski definition) is 3. The van der Waals surface area contributed by atoms with Crippen LogP contribution in [0.2, 0.25) is 0 Å². The molecule has 1 heterocycles. The van der Waals surface area contributed by atoms with Gasteiger partial charge < -0.3 is 15.1 Å². The Kier molecular flexibility index (Phi) is 4.75. The van der Waals surface area contributed by atoms with Gasteiger partial charge in [0.2, 0.25) is 0 Å². The number of carbonyl (C=O) groups is 2. The van der Waals surface area contributed by atoms with Crippen molar-refractivity contribution in [3.05, 3.63) is 41.0 Å². The Hall–Kier alpha value is -2.14. The van der Waals surface area contributed by atoms with Crippen LogP contribution < -0.4 is 0 Å². The van der Waals surface area contributed by atoms with Gasteiger partial charge in [0.25, 0.3) is 5.91 Å². The van der Waals surface area contributed by atoms with Gasteiger partial charge in [-0.3, -0.25) is 4.79 Å². The number of hydrogen-bond donors (Lipinski definition) is 2. The number of carboxylic acid groups (broad SMARTS) is 1. The van der Waals surface area contributed by atoms with Gasteiger partial charge in [0.15, 0.2) is 0 Å². The van der Waals surface area contributed by atoms with Crippen LogP contribution in [0.5, 0.6) is 0 Å². The molecule has 1 aliphatic rings. The molecule has 1 amide bonds. The lowest BCUT2D eigenvalue weighted by Gasteiger charge is -2.23. The van der Waals surface area contributed by atoms with Crippen LogP contribution in [0.1, 0.15) is 34.3 Å². The van der Waals surface area contributed by atoms with Gasteiger partial charge in [-0.05, 0) is 49.1 Å². The molecule has 1 saturated heterocycles. The van der Waals surface area contributed by atoms with Crippen LogP contribution >= 0.6 is 0 Å². The van der Waals surface area contributed by atoms with Crippen molar-refractivity contribution in [2.45, 2.75) is 25.8 Å². The highest BCUT2D eigenvalue weighted by Crippen LogP contribution is 2.21. The van der Waals surface area contributed by atoms with Crippen molar-refractivity contribution < 1.29 is 19.8 Å². The van der Waals surface area contributed by atoms with Crippen molar-refractivity contribution in [3.8, 4) is 0 Å². The monoisotopic (exact) mass is 289 g/mol. The molecule has 0 aromatic heterocycles. The summed E-state index contributed by atoms with van der Waals surface area (Å²) in [7, 11) is 0. The van der Waals surface area contributed by atoms with Crippen LogP contribution in [0.25, 0.3) is 6.08 Å². The Morgan fingerprint density at radius 2 is 2.19 bits per heavy atom. The summed E-state index contributed by atoms with van der Waals surface area (Å²) in [6, 6.07) is 5.11. The lowest BCUT2D eigenvalue weighted by Crippen LogP contribution is -2.37. The standard InChI is InChI=1S/C16H19NO4/c1-11-9-13(5-4-12(11)6-7-15(19)20)16(21)17-8-2-3-14(17)10-18/h4-7,9,14,18H,2-3,8,10H2,1H3,(H,19,20)/b7-6+. The highest BCUT2D eigenvalue weighted by molar-refractivity contribution is 5.95. The summed E-state index contributed by atoms with van der Waals surface area (Å²) in [5.74, 6) is -1.08. The lowest BCUT2D eigenvalue weighted by atomic mass is 10.0. The molecule has 1 aliphatic heterocycles. The van der Waals surface area contributed by atoms with Crippen LogP contribution in [0.4, 0.5) is 0 Å². The van der Waals surface area contributed by atoms with E-state index in [2.05, 4.69) is 0 Å². The number of aliphatic hydroxyl groups excluding tert-OH is 1. The second-order valence-corrected chi connectivity index (χ2v) is 5.22. The molecule has 1 fully saturated rings. The minimum Gasteiger partial charge on any atom is -0.478 e. The smallest absolute Gasteiger partial charge is 0.328 e. The molecule has 1 atom stereocenters. The topological polar surface area (TPSA) is 77.8 Å². The van der Waals surface area contributed by atoms with E-state index in [1.165, 1.54) is 6.08 Å². The lowest BCUT2D eigenvalue weighted by molar-refractivity contribution is -0.131. The first-order chi connectivity index (χ1) is 10.0. The van der Waals surface area contributed by atoms with Gasteiger partial charge in [-0.25, -0.2) is 4.79 Å². The van der Waals surface area contributed by atoms with Crippen molar-refractivity contribution in [1.82, 2.24) is 4.90 Å². The third-order valence-electron chi connectivity index (χ3n) is 3.77. The summed E-state index contributed by atoms with van der Waals surface area (Å²) >= 11 is 0. The zero-order valence-electron chi connectivity index (χ0n) is 12.0. The highest BCUT2D eigenvalue weighted by Gasteiger charge is 2.28. The van der Waals surface area contributed by atoms with E-state index in [1.807, 2.05) is 6.92 Å². The first kappa shape index (κ1) is 15.3. The Labute approximate surface area is 123 Å². The molecule has 0 aliphatic carbocycles. The fraction of sp³-hybridized carbons (Fsp3) is 0.375. The summed E-state index contributed by atoms with van der Waals surface area (Å²) in [6.07, 6.45) is 4.33. The van der Waals surface area contributed by atoms with E-state index in [4.69, 9.17) is 5.11 Å². The molecule has 112 valence electrons. The maximum atomic E-state index is 12.4. The van der Waals surface area contributed by atoms with Gasteiger partial charge in [-0.15, -0.1) is 0 Å². The largest absolute Gasteiger partial charge is 0.478 e. The Balaban J connectivity index is 2.19. The van der Waals surface area contributed by atoms with Gasteiger partial charge in [-0.1, -0.05) is 6.07 Å². The quantitative estimate of drug-likeness (QED) is 0.827. The van der Waals surface area contributed by atoms with E-state index in [0.29, 0.717) is 12.1 Å². The van der Waals surface area contributed by atoms with E-state index in [-0.39, 0.29) is 18.6 Å². The third-order valence-corrected chi connectivity index (χ3v) is 3.77. The SMILES string of the molecule is Cc1cc(C(=O)N2CCCC2CO)ccc1/C=C/C(=O)O. The zero-order valence-corrected chi connectivity index (χ0v) is 12.0. The summed E-state index contributed by atoms with van der Waals surface area (Å²) in [6.45, 7) is 2.50. The minimum atomic E-state index is -1.00. The molecule has 0 spiro atoms. The number of aliphatic carboxylic acids is 1. The molecule has 5 heteroatoms. The summed E-state index contributed by atoms with van der Waals surface area (Å²) in [5.41, 5.74) is 2.19. The van der Waals surface area contributed by atoms with Gasteiger partial charge in [0.1, 0.15) is 0 Å². The summed E-state index contributed by atoms with van der Waals surface area (Å²) in [4.78, 5) is 24.7. The van der Waals surface area contributed by atoms with Crippen molar-refractivity contribution in [1.29, 1.82) is 0 Å². The van der Waals surface area contributed by atoms with Gasteiger partial charge in [0, 0.05) is 18.2 Å². The van der Waals surface area contributed by atoms with Crippen molar-refractivity contribution in [2.75, 3.05) is 13.2 Å². The van der Waals surface area contributed by atoms with E-state index >= 15 is 0 Å². The van der Waals surface area contributed by atoms with Gasteiger partial charge >= 0.3 is 5.97 Å². The molecule has 2 N–H and O–H groups in total. The second kappa shape index (κ2) is 6.54. The first-order valence-electron chi connectivity index (χ1n) is 6.96. The maximum Gasteiger partial charge on any atom is 0.328 e. The number of amides is 1. The molecule has 1 aromatic rings. The molecule has 0 bridgehead atoms. The number of aliphatic hydroxyl groups is 1. The molecule has 0 saturated carbocycles. The third kappa shape index (κ3) is 3.49. The maximum absolute atomic E-state index is 12.4. The van der Waals surface area contributed by atoms with Crippen LogP contribution in [-0.4, -0.2) is 46.2 Å². The van der Waals surface area contributed by atoms with Crippen LogP contribution in [0.15, 0.2) is 24.3 Å². The van der Waals surface area contributed by atoms with E-state index in [1.54, 1.807) is 23.1 Å². The molecule has 2 rings (SSSR count). The number of rotatable bonds is 4.